The number of carbonyl (C=O) groups is 2. The summed E-state index contributed by atoms with van der Waals surface area (Å²) in [5, 5.41) is 9.71. The third-order valence-corrected chi connectivity index (χ3v) is 4.90. The van der Waals surface area contributed by atoms with Gasteiger partial charge in [0, 0.05) is 5.75 Å². The summed E-state index contributed by atoms with van der Waals surface area (Å²) < 4.78 is 9.77. The van der Waals surface area contributed by atoms with Crippen LogP contribution >= 0.6 is 11.8 Å². The molecule has 0 aliphatic heterocycles. The second-order valence-corrected chi connectivity index (χ2v) is 6.89. The van der Waals surface area contributed by atoms with Crippen LogP contribution < -0.4 is 0 Å². The Balaban J connectivity index is 2.09. The van der Waals surface area contributed by atoms with E-state index in [2.05, 4.69) is 0 Å². The molecule has 0 radical (unpaired) electrons. The van der Waals surface area contributed by atoms with Crippen LogP contribution in [0.15, 0.2) is 77.4 Å². The molecule has 2 rings (SSSR count). The van der Waals surface area contributed by atoms with Crippen molar-refractivity contribution in [3.63, 3.8) is 0 Å². The number of carbonyl (C=O) groups excluding carboxylic acids is 2. The van der Waals surface area contributed by atoms with Crippen molar-refractivity contribution in [1.82, 2.24) is 0 Å². The van der Waals surface area contributed by atoms with Crippen LogP contribution in [-0.2, 0) is 24.8 Å². The predicted molar refractivity (Wildman–Crippen MR) is 115 cm³/mol. The molecule has 1 N–H and O–H groups in total. The fourth-order valence-electron chi connectivity index (χ4n) is 2.39. The van der Waals surface area contributed by atoms with E-state index in [1.54, 1.807) is 13.8 Å². The van der Waals surface area contributed by atoms with Gasteiger partial charge in [-0.2, -0.15) is 0 Å². The molecule has 0 spiro atoms. The minimum absolute atomic E-state index is 0.152. The maximum absolute atomic E-state index is 12.2. The summed E-state index contributed by atoms with van der Waals surface area (Å²) >= 11 is 1.27. The number of hydrogen-bond donors (Lipinski definition) is 1. The molecule has 29 heavy (non-hydrogen) atoms. The maximum atomic E-state index is 12.2. The van der Waals surface area contributed by atoms with Crippen molar-refractivity contribution in [2.45, 2.75) is 19.6 Å². The minimum Gasteiger partial charge on any atom is -0.502 e. The monoisotopic (exact) mass is 412 g/mol. The van der Waals surface area contributed by atoms with E-state index in [1.165, 1.54) is 17.8 Å². The quantitative estimate of drug-likeness (QED) is 0.269. The second kappa shape index (κ2) is 11.8. The number of esters is 2. The van der Waals surface area contributed by atoms with Gasteiger partial charge in [0.1, 0.15) is 0 Å². The number of aliphatic hydroxyl groups excluding tert-OH is 1. The van der Waals surface area contributed by atoms with Crippen LogP contribution in [0.25, 0.3) is 11.1 Å². The van der Waals surface area contributed by atoms with Crippen LogP contribution in [-0.4, -0.2) is 30.3 Å². The van der Waals surface area contributed by atoms with Crippen molar-refractivity contribution in [1.29, 1.82) is 0 Å². The minimum atomic E-state index is -0.839. The molecular formula is C23H24O5S. The summed E-state index contributed by atoms with van der Waals surface area (Å²) in [7, 11) is 0. The molecule has 0 aromatic heterocycles. The Labute approximate surface area is 175 Å². The Morgan fingerprint density at radius 2 is 1.45 bits per heavy atom. The van der Waals surface area contributed by atoms with Gasteiger partial charge < -0.3 is 14.6 Å². The van der Waals surface area contributed by atoms with Gasteiger partial charge in [-0.25, -0.2) is 9.59 Å². The summed E-state index contributed by atoms with van der Waals surface area (Å²) in [6.45, 7) is 3.74. The SMILES string of the molecule is CCOC(=O)C(O)=CC=C(SCc1ccc(-c2ccccc2)cc1)C(=O)OCC. The van der Waals surface area contributed by atoms with Gasteiger partial charge in [0.25, 0.3) is 0 Å². The van der Waals surface area contributed by atoms with Crippen LogP contribution in [0.1, 0.15) is 19.4 Å². The Morgan fingerprint density at radius 1 is 0.862 bits per heavy atom. The smallest absolute Gasteiger partial charge is 0.373 e. The van der Waals surface area contributed by atoms with Gasteiger partial charge >= 0.3 is 11.9 Å². The van der Waals surface area contributed by atoms with Crippen molar-refractivity contribution in [3.8, 4) is 11.1 Å². The summed E-state index contributed by atoms with van der Waals surface area (Å²) in [4.78, 5) is 23.9. The molecule has 6 heteroatoms. The number of thioether (sulfide) groups is 1. The number of aliphatic hydroxyl groups is 1. The maximum Gasteiger partial charge on any atom is 0.373 e. The highest BCUT2D eigenvalue weighted by Crippen LogP contribution is 2.25. The van der Waals surface area contributed by atoms with E-state index in [0.717, 1.165) is 22.8 Å². The summed E-state index contributed by atoms with van der Waals surface area (Å²) in [6.07, 6.45) is 2.52. The Hall–Kier alpha value is -2.99. The molecule has 0 saturated carbocycles. The molecule has 0 aliphatic carbocycles. The van der Waals surface area contributed by atoms with Gasteiger partial charge in [-0.05, 0) is 42.7 Å². The Bertz CT molecular complexity index is 870. The number of allylic oxidation sites excluding steroid dienone is 2. The van der Waals surface area contributed by atoms with Crippen LogP contribution in [0.3, 0.4) is 0 Å². The first-order valence-corrected chi connectivity index (χ1v) is 10.3. The lowest BCUT2D eigenvalue weighted by Gasteiger charge is -2.08. The van der Waals surface area contributed by atoms with Gasteiger partial charge in [-0.3, -0.25) is 0 Å². The molecular weight excluding hydrogens is 388 g/mol. The summed E-state index contributed by atoms with van der Waals surface area (Å²) in [6, 6.07) is 18.1. The lowest BCUT2D eigenvalue weighted by Crippen LogP contribution is -2.08. The molecule has 0 bridgehead atoms. The van der Waals surface area contributed by atoms with Crippen molar-refractivity contribution in [3.05, 3.63) is 83.0 Å². The number of ether oxygens (including phenoxy) is 2. The van der Waals surface area contributed by atoms with E-state index in [1.807, 2.05) is 54.6 Å². The third kappa shape index (κ3) is 7.16. The predicted octanol–water partition coefficient (Wildman–Crippen LogP) is 5.04. The molecule has 0 unspecified atom stereocenters. The van der Waals surface area contributed by atoms with Gasteiger partial charge in [-0.15, -0.1) is 11.8 Å². The molecule has 152 valence electrons. The van der Waals surface area contributed by atoms with Crippen molar-refractivity contribution in [2.24, 2.45) is 0 Å². The number of rotatable bonds is 9. The van der Waals surface area contributed by atoms with E-state index in [9.17, 15) is 14.7 Å². The van der Waals surface area contributed by atoms with Crippen molar-refractivity contribution < 1.29 is 24.2 Å². The van der Waals surface area contributed by atoms with E-state index >= 15 is 0 Å². The van der Waals surface area contributed by atoms with Gasteiger partial charge in [-0.1, -0.05) is 54.6 Å². The lowest BCUT2D eigenvalue weighted by molar-refractivity contribution is -0.141. The molecule has 0 amide bonds. The molecule has 0 saturated heterocycles. The van der Waals surface area contributed by atoms with Crippen LogP contribution in [0.5, 0.6) is 0 Å². The Kier molecular flexibility index (Phi) is 9.05. The average molecular weight is 413 g/mol. The van der Waals surface area contributed by atoms with Crippen molar-refractivity contribution in [2.75, 3.05) is 13.2 Å². The largest absolute Gasteiger partial charge is 0.502 e. The van der Waals surface area contributed by atoms with Crippen molar-refractivity contribution >= 4 is 23.7 Å². The summed E-state index contributed by atoms with van der Waals surface area (Å²) in [5.74, 6) is -1.38. The number of hydrogen-bond acceptors (Lipinski definition) is 6. The van der Waals surface area contributed by atoms with E-state index < -0.39 is 17.7 Å². The lowest BCUT2D eigenvalue weighted by atomic mass is 10.0. The fourth-order valence-corrected chi connectivity index (χ4v) is 3.25. The van der Waals surface area contributed by atoms with E-state index in [4.69, 9.17) is 9.47 Å². The molecule has 0 atom stereocenters. The normalized spacial score (nSPS) is 11.8. The topological polar surface area (TPSA) is 72.8 Å². The molecule has 0 fully saturated rings. The zero-order chi connectivity index (χ0) is 21.1. The zero-order valence-electron chi connectivity index (χ0n) is 16.5. The van der Waals surface area contributed by atoms with Gasteiger partial charge in [0.2, 0.25) is 5.76 Å². The first-order valence-electron chi connectivity index (χ1n) is 9.27. The zero-order valence-corrected chi connectivity index (χ0v) is 17.3. The first kappa shape index (κ1) is 22.3. The molecule has 2 aromatic carbocycles. The highest BCUT2D eigenvalue weighted by atomic mass is 32.2. The van der Waals surface area contributed by atoms with E-state index in [0.29, 0.717) is 5.75 Å². The van der Waals surface area contributed by atoms with Gasteiger partial charge in [0.15, 0.2) is 0 Å². The average Bonchev–Trinajstić information content (AvgIpc) is 2.75. The van der Waals surface area contributed by atoms with Crippen LogP contribution in [0, 0.1) is 0 Å². The molecule has 5 nitrogen and oxygen atoms in total. The van der Waals surface area contributed by atoms with Crippen LogP contribution in [0.2, 0.25) is 0 Å². The van der Waals surface area contributed by atoms with Crippen LogP contribution in [0.4, 0.5) is 0 Å². The molecule has 2 aromatic rings. The fraction of sp³-hybridized carbons (Fsp3) is 0.217. The molecule has 0 aliphatic rings. The standard InChI is InChI=1S/C23H24O5S/c1-3-27-22(25)20(24)14-15-21(23(26)28-4-2)29-16-17-10-12-19(13-11-17)18-8-6-5-7-9-18/h5-15,24H,3-4,16H2,1-2H3. The first-order chi connectivity index (χ1) is 14.0. The Morgan fingerprint density at radius 3 is 2.07 bits per heavy atom. The third-order valence-electron chi connectivity index (χ3n) is 3.81. The second-order valence-electron chi connectivity index (χ2n) is 5.88. The van der Waals surface area contributed by atoms with E-state index in [-0.39, 0.29) is 18.1 Å². The highest BCUT2D eigenvalue weighted by Gasteiger charge is 2.13. The van der Waals surface area contributed by atoms with Gasteiger partial charge in [0.05, 0.1) is 18.1 Å². The molecule has 0 heterocycles. The summed E-state index contributed by atoms with van der Waals surface area (Å²) in [5.41, 5.74) is 3.28. The number of benzene rings is 2. The highest BCUT2D eigenvalue weighted by molar-refractivity contribution is 8.03.